The van der Waals surface area contributed by atoms with Crippen LogP contribution in [-0.4, -0.2) is 20.3 Å². The van der Waals surface area contributed by atoms with Crippen molar-refractivity contribution < 1.29 is 8.42 Å². The third-order valence-corrected chi connectivity index (χ3v) is 4.81. The maximum absolute atomic E-state index is 11.9. The van der Waals surface area contributed by atoms with Crippen molar-refractivity contribution in [3.05, 3.63) is 29.3 Å². The Morgan fingerprint density at radius 1 is 1.35 bits per heavy atom. The zero-order valence-corrected chi connectivity index (χ0v) is 11.8. The largest absolute Gasteiger partial charge is 0.242 e. The summed E-state index contributed by atoms with van der Waals surface area (Å²) in [7, 11) is -3.54. The summed E-state index contributed by atoms with van der Waals surface area (Å²) in [5.41, 5.74) is 0. The van der Waals surface area contributed by atoms with Crippen molar-refractivity contribution >= 4 is 33.2 Å². The lowest BCUT2D eigenvalue weighted by molar-refractivity contribution is 0.576. The maximum atomic E-state index is 11.9. The first-order valence-electron chi connectivity index (χ1n) is 5.35. The third kappa shape index (κ3) is 4.47. The Bertz CT molecular complexity index is 462. The first-order chi connectivity index (χ1) is 7.97. The molecule has 0 saturated heterocycles. The molecule has 1 aromatic rings. The summed E-state index contributed by atoms with van der Waals surface area (Å²) in [4.78, 5) is 0.101. The molecule has 0 aliphatic carbocycles. The highest BCUT2D eigenvalue weighted by molar-refractivity contribution is 7.89. The average molecular weight is 296 g/mol. The summed E-state index contributed by atoms with van der Waals surface area (Å²) < 4.78 is 26.3. The van der Waals surface area contributed by atoms with Crippen LogP contribution in [0.2, 0.25) is 5.02 Å². The highest BCUT2D eigenvalue weighted by Crippen LogP contribution is 2.20. The van der Waals surface area contributed by atoms with Gasteiger partial charge in [0.25, 0.3) is 0 Å². The van der Waals surface area contributed by atoms with Crippen LogP contribution in [-0.2, 0) is 10.0 Å². The molecular weight excluding hydrogens is 281 g/mol. The van der Waals surface area contributed by atoms with Gasteiger partial charge in [0, 0.05) is 11.9 Å². The topological polar surface area (TPSA) is 46.2 Å². The number of hydrogen-bond acceptors (Lipinski definition) is 2. The molecule has 1 aromatic carbocycles. The van der Waals surface area contributed by atoms with Crippen LogP contribution in [0.4, 0.5) is 0 Å². The number of benzene rings is 1. The van der Waals surface area contributed by atoms with Gasteiger partial charge in [-0.15, -0.1) is 11.6 Å². The molecule has 0 fully saturated rings. The quantitative estimate of drug-likeness (QED) is 0.820. The zero-order chi connectivity index (χ0) is 12.9. The minimum Gasteiger partial charge on any atom is -0.211 e. The number of sulfonamides is 1. The standard InChI is InChI=1S/C11H15Cl2NO2S/c1-2-9(12)7-8-14-17(15,16)11-6-4-3-5-10(11)13/h3-6,9,14H,2,7-8H2,1H3. The van der Waals surface area contributed by atoms with Gasteiger partial charge in [0.2, 0.25) is 10.0 Å². The summed E-state index contributed by atoms with van der Waals surface area (Å²) in [5, 5.41) is 0.210. The number of halogens is 2. The van der Waals surface area contributed by atoms with Crippen molar-refractivity contribution in [1.82, 2.24) is 4.72 Å². The van der Waals surface area contributed by atoms with Gasteiger partial charge in [-0.3, -0.25) is 0 Å². The summed E-state index contributed by atoms with van der Waals surface area (Å²) in [6, 6.07) is 6.35. The number of nitrogens with one attached hydrogen (secondary N) is 1. The monoisotopic (exact) mass is 295 g/mol. The highest BCUT2D eigenvalue weighted by Gasteiger charge is 2.16. The van der Waals surface area contributed by atoms with Gasteiger partial charge in [0.15, 0.2) is 0 Å². The van der Waals surface area contributed by atoms with Crippen LogP contribution in [0.25, 0.3) is 0 Å². The average Bonchev–Trinajstić information content (AvgIpc) is 2.28. The lowest BCUT2D eigenvalue weighted by Crippen LogP contribution is -2.26. The lowest BCUT2D eigenvalue weighted by atomic mass is 10.2. The van der Waals surface area contributed by atoms with Crippen molar-refractivity contribution in [2.24, 2.45) is 0 Å². The lowest BCUT2D eigenvalue weighted by Gasteiger charge is -2.09. The predicted octanol–water partition coefficient (Wildman–Crippen LogP) is 3.03. The molecule has 6 heteroatoms. The molecule has 0 aliphatic heterocycles. The fraction of sp³-hybridized carbons (Fsp3) is 0.455. The molecule has 3 nitrogen and oxygen atoms in total. The van der Waals surface area contributed by atoms with E-state index in [1.807, 2.05) is 6.92 Å². The fourth-order valence-corrected chi connectivity index (χ4v) is 2.97. The molecular formula is C11H15Cl2NO2S. The normalized spacial score (nSPS) is 13.6. The molecule has 1 unspecified atom stereocenters. The minimum atomic E-state index is -3.54. The van der Waals surface area contributed by atoms with Gasteiger partial charge in [-0.25, -0.2) is 13.1 Å². The first kappa shape index (κ1) is 14.8. The second-order valence-corrected chi connectivity index (χ2v) is 6.38. The molecule has 1 rings (SSSR count). The molecule has 96 valence electrons. The van der Waals surface area contributed by atoms with Gasteiger partial charge >= 0.3 is 0 Å². The number of rotatable bonds is 6. The summed E-state index contributed by atoms with van der Waals surface area (Å²) in [6.07, 6.45) is 1.41. The Balaban J connectivity index is 2.67. The zero-order valence-electron chi connectivity index (χ0n) is 9.49. The predicted molar refractivity (Wildman–Crippen MR) is 71.2 cm³/mol. The maximum Gasteiger partial charge on any atom is 0.242 e. The molecule has 0 aliphatic rings. The van der Waals surface area contributed by atoms with Crippen molar-refractivity contribution in [3.63, 3.8) is 0 Å². The molecule has 0 saturated carbocycles. The van der Waals surface area contributed by atoms with Crippen molar-refractivity contribution in [3.8, 4) is 0 Å². The van der Waals surface area contributed by atoms with Crippen molar-refractivity contribution in [1.29, 1.82) is 0 Å². The molecule has 1 atom stereocenters. The van der Waals surface area contributed by atoms with Crippen LogP contribution in [0.15, 0.2) is 29.2 Å². The molecule has 0 amide bonds. The minimum absolute atomic E-state index is 0.0102. The van der Waals surface area contributed by atoms with Crippen LogP contribution in [0, 0.1) is 0 Å². The van der Waals surface area contributed by atoms with E-state index >= 15 is 0 Å². The van der Waals surface area contributed by atoms with Gasteiger partial charge in [0.1, 0.15) is 4.90 Å². The summed E-state index contributed by atoms with van der Waals surface area (Å²) in [6.45, 7) is 2.27. The van der Waals surface area contributed by atoms with E-state index in [4.69, 9.17) is 23.2 Å². The van der Waals surface area contributed by atoms with E-state index in [-0.39, 0.29) is 15.3 Å². The summed E-state index contributed by atoms with van der Waals surface area (Å²) in [5.74, 6) is 0. The SMILES string of the molecule is CCC(Cl)CCNS(=O)(=O)c1ccccc1Cl. The van der Waals surface area contributed by atoms with Gasteiger partial charge in [-0.1, -0.05) is 30.7 Å². The van der Waals surface area contributed by atoms with Gasteiger partial charge in [0.05, 0.1) is 5.02 Å². The fourth-order valence-electron chi connectivity index (χ4n) is 1.29. The number of alkyl halides is 1. The summed E-state index contributed by atoms with van der Waals surface area (Å²) >= 11 is 11.7. The van der Waals surface area contributed by atoms with Gasteiger partial charge < -0.3 is 0 Å². The van der Waals surface area contributed by atoms with E-state index in [0.717, 1.165) is 6.42 Å². The molecule has 0 radical (unpaired) electrons. The van der Waals surface area contributed by atoms with Gasteiger partial charge in [-0.05, 0) is 25.0 Å². The molecule has 17 heavy (non-hydrogen) atoms. The van der Waals surface area contributed by atoms with E-state index in [1.54, 1.807) is 18.2 Å². The Morgan fingerprint density at radius 2 is 2.00 bits per heavy atom. The van der Waals surface area contributed by atoms with Crippen molar-refractivity contribution in [2.75, 3.05) is 6.54 Å². The molecule has 0 aromatic heterocycles. The van der Waals surface area contributed by atoms with Crippen molar-refractivity contribution in [2.45, 2.75) is 30.0 Å². The van der Waals surface area contributed by atoms with E-state index in [0.29, 0.717) is 13.0 Å². The smallest absolute Gasteiger partial charge is 0.211 e. The first-order valence-corrected chi connectivity index (χ1v) is 7.65. The molecule has 0 bridgehead atoms. The second-order valence-electron chi connectivity index (χ2n) is 3.62. The van der Waals surface area contributed by atoms with Crippen LogP contribution < -0.4 is 4.72 Å². The number of hydrogen-bond donors (Lipinski definition) is 1. The Labute approximate surface area is 112 Å². The Kier molecular flexibility index (Phi) is 5.73. The van der Waals surface area contributed by atoms with Crippen LogP contribution in [0.1, 0.15) is 19.8 Å². The Morgan fingerprint density at radius 3 is 2.59 bits per heavy atom. The highest BCUT2D eigenvalue weighted by atomic mass is 35.5. The second kappa shape index (κ2) is 6.59. The van der Waals surface area contributed by atoms with Gasteiger partial charge in [-0.2, -0.15) is 0 Å². The molecule has 0 heterocycles. The molecule has 1 N–H and O–H groups in total. The van der Waals surface area contributed by atoms with E-state index in [2.05, 4.69) is 4.72 Å². The van der Waals surface area contributed by atoms with E-state index in [9.17, 15) is 8.42 Å². The molecule has 0 spiro atoms. The van der Waals surface area contributed by atoms with E-state index < -0.39 is 10.0 Å². The third-order valence-electron chi connectivity index (χ3n) is 2.32. The van der Waals surface area contributed by atoms with Crippen LogP contribution in [0.5, 0.6) is 0 Å². The van der Waals surface area contributed by atoms with Crippen LogP contribution >= 0.6 is 23.2 Å². The van der Waals surface area contributed by atoms with Crippen LogP contribution in [0.3, 0.4) is 0 Å². The van der Waals surface area contributed by atoms with E-state index in [1.165, 1.54) is 6.07 Å². The Hall–Kier alpha value is -0.290.